The Morgan fingerprint density at radius 1 is 1.39 bits per heavy atom. The van der Waals surface area contributed by atoms with Gasteiger partial charge in [0.2, 0.25) is 0 Å². The molecule has 0 amide bonds. The zero-order valence-electron chi connectivity index (χ0n) is 13.1. The number of hydrogen-bond acceptors (Lipinski definition) is 4. The number of aromatic nitrogens is 2. The number of hydrogen-bond donors (Lipinski definition) is 1. The highest BCUT2D eigenvalue weighted by Crippen LogP contribution is 2.31. The summed E-state index contributed by atoms with van der Waals surface area (Å²) in [4.78, 5) is 21.7. The van der Waals surface area contributed by atoms with E-state index in [4.69, 9.17) is 0 Å². The van der Waals surface area contributed by atoms with Crippen molar-refractivity contribution in [3.8, 4) is 0 Å². The fourth-order valence-corrected chi connectivity index (χ4v) is 4.32. The molecule has 3 rings (SSSR count). The highest BCUT2D eigenvalue weighted by atomic mass is 32.2. The Bertz CT molecular complexity index is 917. The lowest BCUT2D eigenvalue weighted by Crippen LogP contribution is -2.12. The fourth-order valence-electron chi connectivity index (χ4n) is 2.39. The molecule has 2 aromatic heterocycles. The van der Waals surface area contributed by atoms with Crippen molar-refractivity contribution in [2.75, 3.05) is 0 Å². The van der Waals surface area contributed by atoms with Crippen molar-refractivity contribution in [3.05, 3.63) is 62.3 Å². The van der Waals surface area contributed by atoms with Gasteiger partial charge in [0, 0.05) is 10.6 Å². The van der Waals surface area contributed by atoms with Crippen LogP contribution in [0.3, 0.4) is 0 Å². The summed E-state index contributed by atoms with van der Waals surface area (Å²) in [6.07, 6.45) is 0. The van der Waals surface area contributed by atoms with E-state index < -0.39 is 0 Å². The number of aryl methyl sites for hydroxylation is 2. The Morgan fingerprint density at radius 2 is 2.17 bits per heavy atom. The Labute approximate surface area is 142 Å². The molecule has 0 fully saturated rings. The van der Waals surface area contributed by atoms with Crippen LogP contribution < -0.4 is 5.56 Å². The molecule has 0 radical (unpaired) electrons. The number of H-pyrrole nitrogens is 1. The second-order valence-corrected chi connectivity index (χ2v) is 8.03. The van der Waals surface area contributed by atoms with Crippen LogP contribution in [0.2, 0.25) is 0 Å². The maximum atomic E-state index is 13.2. The van der Waals surface area contributed by atoms with Crippen molar-refractivity contribution in [2.45, 2.75) is 31.8 Å². The lowest BCUT2D eigenvalue weighted by molar-refractivity contribution is 0.626. The number of benzene rings is 1. The molecule has 0 saturated heterocycles. The van der Waals surface area contributed by atoms with E-state index in [1.807, 2.05) is 26.8 Å². The van der Waals surface area contributed by atoms with Crippen molar-refractivity contribution in [1.29, 1.82) is 0 Å². The number of halogens is 1. The first kappa shape index (κ1) is 16.2. The summed E-state index contributed by atoms with van der Waals surface area (Å²) in [6.45, 7) is 5.96. The molecule has 1 N–H and O–H groups in total. The third kappa shape index (κ3) is 3.33. The number of nitrogens with zero attached hydrogens (tertiary/aromatic N) is 1. The first-order chi connectivity index (χ1) is 11.0. The van der Waals surface area contributed by atoms with E-state index in [-0.39, 0.29) is 16.6 Å². The smallest absolute Gasteiger partial charge is 0.259 e. The van der Waals surface area contributed by atoms with Crippen LogP contribution >= 0.6 is 23.1 Å². The summed E-state index contributed by atoms with van der Waals surface area (Å²) in [5.41, 5.74) is 1.85. The molecule has 1 atom stereocenters. The minimum atomic E-state index is -0.228. The molecule has 0 aliphatic carbocycles. The van der Waals surface area contributed by atoms with Crippen LogP contribution in [0.1, 0.15) is 34.0 Å². The second kappa shape index (κ2) is 6.45. The summed E-state index contributed by atoms with van der Waals surface area (Å²) in [5, 5.41) is 0.719. The molecule has 3 nitrogen and oxygen atoms in total. The van der Waals surface area contributed by atoms with E-state index in [2.05, 4.69) is 9.97 Å². The van der Waals surface area contributed by atoms with Crippen LogP contribution in [0.5, 0.6) is 0 Å². The van der Waals surface area contributed by atoms with Crippen molar-refractivity contribution in [3.63, 3.8) is 0 Å². The highest BCUT2D eigenvalue weighted by molar-refractivity contribution is 7.98. The Hall–Kier alpha value is -1.66. The largest absolute Gasteiger partial charge is 0.309 e. The molecule has 0 bridgehead atoms. The van der Waals surface area contributed by atoms with Gasteiger partial charge in [0.1, 0.15) is 16.5 Å². The van der Waals surface area contributed by atoms with Gasteiger partial charge in [-0.25, -0.2) is 9.37 Å². The number of nitrogens with one attached hydrogen (secondary N) is 1. The van der Waals surface area contributed by atoms with Gasteiger partial charge in [0.05, 0.1) is 10.6 Å². The Morgan fingerprint density at radius 3 is 2.91 bits per heavy atom. The zero-order valence-corrected chi connectivity index (χ0v) is 14.8. The molecule has 0 saturated carbocycles. The van der Waals surface area contributed by atoms with Crippen LogP contribution in [0, 0.1) is 19.7 Å². The highest BCUT2D eigenvalue weighted by Gasteiger charge is 2.15. The maximum Gasteiger partial charge on any atom is 0.259 e. The summed E-state index contributed by atoms with van der Waals surface area (Å²) in [5.74, 6) is 1.11. The van der Waals surface area contributed by atoms with Gasteiger partial charge in [-0.15, -0.1) is 23.1 Å². The normalized spacial score (nSPS) is 12.7. The van der Waals surface area contributed by atoms with Gasteiger partial charge in [0.25, 0.3) is 5.56 Å². The first-order valence-corrected chi connectivity index (χ1v) is 9.18. The van der Waals surface area contributed by atoms with E-state index in [0.717, 1.165) is 20.8 Å². The lowest BCUT2D eigenvalue weighted by Gasteiger charge is -2.10. The lowest BCUT2D eigenvalue weighted by atomic mass is 10.2. The van der Waals surface area contributed by atoms with Gasteiger partial charge in [-0.05, 0) is 44.0 Å². The summed E-state index contributed by atoms with van der Waals surface area (Å²) in [6, 6.07) is 6.57. The van der Waals surface area contributed by atoms with Crippen LogP contribution in [-0.4, -0.2) is 9.97 Å². The SMILES string of the molecule is Cc1sc2nc(C(C)SCc3cccc(F)c3)[nH]c(=O)c2c1C. The molecule has 0 spiro atoms. The summed E-state index contributed by atoms with van der Waals surface area (Å²) in [7, 11) is 0. The molecule has 3 aromatic rings. The van der Waals surface area contributed by atoms with Crippen LogP contribution in [0.25, 0.3) is 10.2 Å². The number of fused-ring (bicyclic) bond motifs is 1. The predicted molar refractivity (Wildman–Crippen MR) is 95.8 cm³/mol. The van der Waals surface area contributed by atoms with Crippen molar-refractivity contribution in [2.24, 2.45) is 0 Å². The maximum absolute atomic E-state index is 13.2. The molecule has 0 aliphatic heterocycles. The second-order valence-electron chi connectivity index (χ2n) is 5.50. The topological polar surface area (TPSA) is 45.8 Å². The monoisotopic (exact) mass is 348 g/mol. The molecular formula is C17H17FN2OS2. The van der Waals surface area contributed by atoms with E-state index in [1.54, 1.807) is 29.2 Å². The molecule has 23 heavy (non-hydrogen) atoms. The third-order valence-corrected chi connectivity index (χ3v) is 6.16. The van der Waals surface area contributed by atoms with Gasteiger partial charge in [-0.2, -0.15) is 0 Å². The van der Waals surface area contributed by atoms with Crippen LogP contribution in [0.15, 0.2) is 29.1 Å². The number of thioether (sulfide) groups is 1. The van der Waals surface area contributed by atoms with E-state index in [1.165, 1.54) is 12.1 Å². The van der Waals surface area contributed by atoms with Gasteiger partial charge in [-0.1, -0.05) is 12.1 Å². The minimum Gasteiger partial charge on any atom is -0.309 e. The van der Waals surface area contributed by atoms with Crippen LogP contribution in [0.4, 0.5) is 4.39 Å². The minimum absolute atomic E-state index is 0.0260. The van der Waals surface area contributed by atoms with E-state index in [0.29, 0.717) is 17.0 Å². The van der Waals surface area contributed by atoms with Crippen LogP contribution in [-0.2, 0) is 5.75 Å². The molecular weight excluding hydrogens is 331 g/mol. The molecule has 120 valence electrons. The van der Waals surface area contributed by atoms with Gasteiger partial charge in [-0.3, -0.25) is 4.79 Å². The Kier molecular flexibility index (Phi) is 4.55. The summed E-state index contributed by atoms with van der Waals surface area (Å²) < 4.78 is 13.2. The number of thiophene rings is 1. The Balaban J connectivity index is 1.83. The van der Waals surface area contributed by atoms with Crippen molar-refractivity contribution in [1.82, 2.24) is 9.97 Å². The molecule has 0 aliphatic rings. The third-order valence-electron chi connectivity index (χ3n) is 3.83. The van der Waals surface area contributed by atoms with Gasteiger partial charge in [0.15, 0.2) is 0 Å². The number of rotatable bonds is 4. The quantitative estimate of drug-likeness (QED) is 0.741. The molecule has 1 aromatic carbocycles. The average molecular weight is 348 g/mol. The fraction of sp³-hybridized carbons (Fsp3) is 0.294. The molecule has 1 unspecified atom stereocenters. The van der Waals surface area contributed by atoms with E-state index >= 15 is 0 Å². The first-order valence-electron chi connectivity index (χ1n) is 7.31. The van der Waals surface area contributed by atoms with E-state index in [9.17, 15) is 9.18 Å². The molecule has 6 heteroatoms. The summed E-state index contributed by atoms with van der Waals surface area (Å²) >= 11 is 3.18. The predicted octanol–water partition coefficient (Wildman–Crippen LogP) is 4.73. The van der Waals surface area contributed by atoms with Crippen molar-refractivity contribution < 1.29 is 4.39 Å². The van der Waals surface area contributed by atoms with Crippen molar-refractivity contribution >= 4 is 33.3 Å². The standard InChI is InChI=1S/C17H17FN2OS2/c1-9-10(2)23-17-14(9)16(21)19-15(20-17)11(3)22-8-12-5-4-6-13(18)7-12/h4-7,11H,8H2,1-3H3,(H,19,20,21). The number of aromatic amines is 1. The van der Waals surface area contributed by atoms with Gasteiger partial charge < -0.3 is 4.98 Å². The molecule has 2 heterocycles. The average Bonchev–Trinajstić information content (AvgIpc) is 2.80. The van der Waals surface area contributed by atoms with Gasteiger partial charge >= 0.3 is 0 Å². The zero-order chi connectivity index (χ0) is 16.6.